The van der Waals surface area contributed by atoms with Crippen molar-refractivity contribution in [2.45, 2.75) is 37.6 Å². The zero-order valence-electron chi connectivity index (χ0n) is 11.3. The van der Waals surface area contributed by atoms with E-state index in [0.29, 0.717) is 16.9 Å². The second-order valence-electron chi connectivity index (χ2n) is 5.79. The molecule has 0 saturated carbocycles. The summed E-state index contributed by atoms with van der Waals surface area (Å²) in [6.45, 7) is 3.48. The van der Waals surface area contributed by atoms with Gasteiger partial charge in [-0.25, -0.2) is 4.79 Å². The Morgan fingerprint density at radius 3 is 2.65 bits per heavy atom. The van der Waals surface area contributed by atoms with Crippen LogP contribution in [0.25, 0.3) is 5.76 Å². The summed E-state index contributed by atoms with van der Waals surface area (Å²) in [6, 6.07) is 6.73. The Labute approximate surface area is 116 Å². The highest BCUT2D eigenvalue weighted by molar-refractivity contribution is 5.93. The number of carboxylic acids is 1. The average molecular weight is 276 g/mol. The molecule has 2 unspecified atom stereocenters. The van der Waals surface area contributed by atoms with Crippen LogP contribution in [0.2, 0.25) is 0 Å². The van der Waals surface area contributed by atoms with Crippen LogP contribution in [0.3, 0.4) is 0 Å². The van der Waals surface area contributed by atoms with Crippen molar-refractivity contribution in [3.63, 3.8) is 0 Å². The molecule has 0 fully saturated rings. The first-order valence-corrected chi connectivity index (χ1v) is 6.45. The van der Waals surface area contributed by atoms with Crippen LogP contribution in [0, 0.1) is 0 Å². The van der Waals surface area contributed by atoms with Crippen molar-refractivity contribution >= 4 is 11.7 Å². The van der Waals surface area contributed by atoms with Gasteiger partial charge in [0.1, 0.15) is 11.4 Å². The number of benzene rings is 1. The van der Waals surface area contributed by atoms with E-state index in [-0.39, 0.29) is 12.0 Å². The first kappa shape index (κ1) is 13.1. The Kier molecular flexibility index (Phi) is 2.52. The highest BCUT2D eigenvalue weighted by Crippen LogP contribution is 2.51. The van der Waals surface area contributed by atoms with Crippen LogP contribution in [-0.2, 0) is 15.1 Å². The van der Waals surface area contributed by atoms with E-state index in [1.54, 1.807) is 38.1 Å². The van der Waals surface area contributed by atoms with Gasteiger partial charge >= 0.3 is 5.97 Å². The van der Waals surface area contributed by atoms with Gasteiger partial charge in [0, 0.05) is 23.1 Å². The molecule has 20 heavy (non-hydrogen) atoms. The summed E-state index contributed by atoms with van der Waals surface area (Å²) in [5.74, 6) is -0.980. The fraction of sp³-hybridized carbons (Fsp3) is 0.400. The van der Waals surface area contributed by atoms with E-state index in [9.17, 15) is 20.1 Å². The van der Waals surface area contributed by atoms with Crippen molar-refractivity contribution in [1.82, 2.24) is 0 Å². The van der Waals surface area contributed by atoms with Gasteiger partial charge in [-0.2, -0.15) is 0 Å². The number of carbonyl (C=O) groups is 1. The predicted molar refractivity (Wildman–Crippen MR) is 70.7 cm³/mol. The molecule has 1 aliphatic heterocycles. The molecule has 1 aliphatic carbocycles. The van der Waals surface area contributed by atoms with E-state index in [0.717, 1.165) is 0 Å². The molecule has 0 aromatic heterocycles. The fourth-order valence-corrected chi connectivity index (χ4v) is 2.86. The summed E-state index contributed by atoms with van der Waals surface area (Å²) in [4.78, 5) is 11.6. The lowest BCUT2D eigenvalue weighted by Gasteiger charge is -2.38. The maximum Gasteiger partial charge on any atom is 0.345 e. The van der Waals surface area contributed by atoms with Crippen molar-refractivity contribution in [1.29, 1.82) is 0 Å². The maximum atomic E-state index is 11.6. The van der Waals surface area contributed by atoms with Crippen LogP contribution in [0.15, 0.2) is 29.8 Å². The maximum absolute atomic E-state index is 11.6. The molecule has 5 heteroatoms. The number of hydrogen-bond donors (Lipinski definition) is 3. The fourth-order valence-electron chi connectivity index (χ4n) is 2.86. The van der Waals surface area contributed by atoms with Gasteiger partial charge in [-0.15, -0.1) is 0 Å². The molecule has 3 N–H and O–H groups in total. The number of aliphatic carboxylic acids is 1. The third kappa shape index (κ3) is 1.47. The molecule has 3 rings (SSSR count). The van der Waals surface area contributed by atoms with Crippen LogP contribution in [0.1, 0.15) is 31.4 Å². The zero-order chi connectivity index (χ0) is 14.7. The molecular formula is C15H16O5. The molecule has 1 heterocycles. The number of carboxylic acid groups (broad SMARTS) is 1. The number of fused-ring (bicyclic) bond motifs is 2. The minimum Gasteiger partial charge on any atom is -0.484 e. The van der Waals surface area contributed by atoms with Gasteiger partial charge in [0.15, 0.2) is 0 Å². The molecular weight excluding hydrogens is 260 g/mol. The number of aliphatic hydroxyl groups is 2. The molecule has 2 atom stereocenters. The van der Waals surface area contributed by atoms with E-state index in [1.165, 1.54) is 0 Å². The largest absolute Gasteiger partial charge is 0.484 e. The lowest BCUT2D eigenvalue weighted by atomic mass is 9.83. The van der Waals surface area contributed by atoms with Gasteiger partial charge < -0.3 is 20.1 Å². The number of aliphatic hydroxyl groups excluding tert-OH is 1. The normalized spacial score (nSPS) is 30.5. The molecule has 5 nitrogen and oxygen atoms in total. The summed E-state index contributed by atoms with van der Waals surface area (Å²) in [5.41, 5.74) is -1.85. The molecule has 0 spiro atoms. The molecule has 2 aliphatic rings. The van der Waals surface area contributed by atoms with Crippen LogP contribution in [0.5, 0.6) is 0 Å². The number of ether oxygens (including phenoxy) is 1. The Hall–Kier alpha value is -1.85. The van der Waals surface area contributed by atoms with E-state index < -0.39 is 23.3 Å². The van der Waals surface area contributed by atoms with Crippen LogP contribution in [-0.4, -0.2) is 33.0 Å². The number of rotatable bonds is 1. The van der Waals surface area contributed by atoms with Gasteiger partial charge in [-0.3, -0.25) is 0 Å². The van der Waals surface area contributed by atoms with Gasteiger partial charge in [0.2, 0.25) is 5.60 Å². The highest BCUT2D eigenvalue weighted by Gasteiger charge is 2.55. The Bertz CT molecular complexity index is 631. The lowest BCUT2D eigenvalue weighted by Crippen LogP contribution is -2.45. The van der Waals surface area contributed by atoms with Gasteiger partial charge in [0.25, 0.3) is 0 Å². The zero-order valence-corrected chi connectivity index (χ0v) is 11.3. The smallest absolute Gasteiger partial charge is 0.345 e. The van der Waals surface area contributed by atoms with Gasteiger partial charge in [-0.05, 0) is 13.8 Å². The minimum absolute atomic E-state index is 0.0693. The SMILES string of the molecule is CC1(C)OC2=C(CC1O)C(O)(C(=O)O)c1ccccc12. The summed E-state index contributed by atoms with van der Waals surface area (Å²) in [6.07, 6.45) is -0.804. The Balaban J connectivity index is 2.25. The van der Waals surface area contributed by atoms with Crippen molar-refractivity contribution in [2.75, 3.05) is 0 Å². The minimum atomic E-state index is -2.12. The third-order valence-corrected chi connectivity index (χ3v) is 4.15. The molecule has 0 saturated heterocycles. The summed E-state index contributed by atoms with van der Waals surface area (Å²) in [7, 11) is 0. The molecule has 106 valence electrons. The second-order valence-corrected chi connectivity index (χ2v) is 5.79. The molecule has 1 aromatic rings. The van der Waals surface area contributed by atoms with Crippen molar-refractivity contribution in [2.24, 2.45) is 0 Å². The Morgan fingerprint density at radius 2 is 2.00 bits per heavy atom. The average Bonchev–Trinajstić information content (AvgIpc) is 2.62. The van der Waals surface area contributed by atoms with Crippen LogP contribution < -0.4 is 0 Å². The van der Waals surface area contributed by atoms with Crippen molar-refractivity contribution in [3.8, 4) is 0 Å². The standard InChI is InChI=1S/C15H16O5/c1-14(2)11(16)7-10-12(20-14)8-5-3-4-6-9(8)15(10,19)13(17)18/h3-6,11,16,19H,7H2,1-2H3,(H,17,18). The van der Waals surface area contributed by atoms with E-state index in [1.807, 2.05) is 0 Å². The van der Waals surface area contributed by atoms with E-state index >= 15 is 0 Å². The highest BCUT2D eigenvalue weighted by atomic mass is 16.5. The van der Waals surface area contributed by atoms with E-state index in [4.69, 9.17) is 4.74 Å². The first-order valence-electron chi connectivity index (χ1n) is 6.45. The predicted octanol–water partition coefficient (Wildman–Crippen LogP) is 1.24. The van der Waals surface area contributed by atoms with Crippen LogP contribution >= 0.6 is 0 Å². The Morgan fingerprint density at radius 1 is 1.35 bits per heavy atom. The second kappa shape index (κ2) is 3.84. The molecule has 0 bridgehead atoms. The van der Waals surface area contributed by atoms with Gasteiger partial charge in [0.05, 0.1) is 6.10 Å². The lowest BCUT2D eigenvalue weighted by molar-refractivity contribution is -0.156. The van der Waals surface area contributed by atoms with Crippen LogP contribution in [0.4, 0.5) is 0 Å². The van der Waals surface area contributed by atoms with Crippen molar-refractivity contribution in [3.05, 3.63) is 41.0 Å². The first-order chi connectivity index (χ1) is 9.28. The summed E-state index contributed by atoms with van der Waals surface area (Å²) >= 11 is 0. The molecule has 0 radical (unpaired) electrons. The van der Waals surface area contributed by atoms with Gasteiger partial charge in [-0.1, -0.05) is 24.3 Å². The third-order valence-electron chi connectivity index (χ3n) is 4.15. The molecule has 0 amide bonds. The monoisotopic (exact) mass is 276 g/mol. The topological polar surface area (TPSA) is 87.0 Å². The summed E-state index contributed by atoms with van der Waals surface area (Å²) in [5, 5.41) is 30.2. The number of hydrogen-bond acceptors (Lipinski definition) is 4. The quantitative estimate of drug-likeness (QED) is 0.718. The molecule has 1 aromatic carbocycles. The van der Waals surface area contributed by atoms with Crippen molar-refractivity contribution < 1.29 is 24.9 Å². The van der Waals surface area contributed by atoms with E-state index in [2.05, 4.69) is 0 Å². The summed E-state index contributed by atoms with van der Waals surface area (Å²) < 4.78 is 5.79.